The second-order valence-electron chi connectivity index (χ2n) is 7.01. The lowest BCUT2D eigenvalue weighted by Gasteiger charge is -2.31. The van der Waals surface area contributed by atoms with Crippen molar-refractivity contribution in [1.29, 1.82) is 0 Å². The molecular weight excluding hydrogens is 304 g/mol. The molecule has 0 atom stereocenters. The summed E-state index contributed by atoms with van der Waals surface area (Å²) in [7, 11) is 0. The number of rotatable bonds is 6. The van der Waals surface area contributed by atoms with Crippen molar-refractivity contribution in [3.8, 4) is 5.88 Å². The number of piperidine rings is 1. The molecular formula is C18H24N4O2. The highest BCUT2D eigenvalue weighted by Crippen LogP contribution is 2.39. The number of hydrogen-bond donors (Lipinski definition) is 0. The standard InChI is InChI=1S/C18H24N4O2/c1-13-8-16(21-24-13)10-22-6-4-14(5-7-22)11-23-18-9-17(15-2-3-15)19-12-20-18/h8-9,12,14-15H,2-7,10-11H2,1H3. The highest BCUT2D eigenvalue weighted by atomic mass is 16.5. The van der Waals surface area contributed by atoms with Gasteiger partial charge < -0.3 is 9.26 Å². The van der Waals surface area contributed by atoms with Crippen LogP contribution in [0.1, 0.15) is 48.7 Å². The van der Waals surface area contributed by atoms with Gasteiger partial charge in [-0.1, -0.05) is 5.16 Å². The number of ether oxygens (including phenoxy) is 1. The molecule has 1 saturated carbocycles. The van der Waals surface area contributed by atoms with E-state index in [1.54, 1.807) is 6.33 Å². The van der Waals surface area contributed by atoms with Gasteiger partial charge in [0.1, 0.15) is 12.1 Å². The molecule has 3 heterocycles. The Morgan fingerprint density at radius 3 is 2.71 bits per heavy atom. The average Bonchev–Trinajstić information content (AvgIpc) is 3.38. The molecule has 4 rings (SSSR count). The van der Waals surface area contributed by atoms with Crippen LogP contribution in [-0.2, 0) is 6.54 Å². The molecule has 0 aromatic carbocycles. The largest absolute Gasteiger partial charge is 0.477 e. The minimum Gasteiger partial charge on any atom is -0.477 e. The molecule has 0 amide bonds. The fraction of sp³-hybridized carbons (Fsp3) is 0.611. The summed E-state index contributed by atoms with van der Waals surface area (Å²) in [6, 6.07) is 4.03. The van der Waals surface area contributed by atoms with Crippen LogP contribution in [0.2, 0.25) is 0 Å². The topological polar surface area (TPSA) is 64.3 Å². The lowest BCUT2D eigenvalue weighted by molar-refractivity contribution is 0.132. The summed E-state index contributed by atoms with van der Waals surface area (Å²) in [6.45, 7) is 5.72. The van der Waals surface area contributed by atoms with Gasteiger partial charge in [-0.3, -0.25) is 4.90 Å². The summed E-state index contributed by atoms with van der Waals surface area (Å²) < 4.78 is 11.1. The molecule has 2 aliphatic rings. The van der Waals surface area contributed by atoms with Crippen LogP contribution in [0.3, 0.4) is 0 Å². The van der Waals surface area contributed by atoms with E-state index in [1.165, 1.54) is 12.8 Å². The van der Waals surface area contributed by atoms with E-state index in [-0.39, 0.29) is 0 Å². The summed E-state index contributed by atoms with van der Waals surface area (Å²) >= 11 is 0. The first-order valence-electron chi connectivity index (χ1n) is 8.85. The second kappa shape index (κ2) is 6.89. The fourth-order valence-electron chi connectivity index (χ4n) is 3.27. The van der Waals surface area contributed by atoms with E-state index in [9.17, 15) is 0 Å². The summed E-state index contributed by atoms with van der Waals surface area (Å²) in [4.78, 5) is 11.0. The molecule has 0 spiro atoms. The first kappa shape index (κ1) is 15.6. The van der Waals surface area contributed by atoms with Crippen LogP contribution in [0.25, 0.3) is 0 Å². The number of likely N-dealkylation sites (tertiary alicyclic amines) is 1. The molecule has 2 aromatic heterocycles. The summed E-state index contributed by atoms with van der Waals surface area (Å²) in [5, 5.41) is 4.08. The van der Waals surface area contributed by atoms with Crippen LogP contribution in [-0.4, -0.2) is 39.7 Å². The molecule has 24 heavy (non-hydrogen) atoms. The zero-order valence-electron chi connectivity index (χ0n) is 14.1. The fourth-order valence-corrected chi connectivity index (χ4v) is 3.27. The van der Waals surface area contributed by atoms with Gasteiger partial charge in [-0.25, -0.2) is 9.97 Å². The van der Waals surface area contributed by atoms with E-state index in [0.29, 0.717) is 11.8 Å². The first-order valence-corrected chi connectivity index (χ1v) is 8.85. The van der Waals surface area contributed by atoms with Gasteiger partial charge >= 0.3 is 0 Å². The van der Waals surface area contributed by atoms with Crippen molar-refractivity contribution in [2.75, 3.05) is 19.7 Å². The molecule has 2 fully saturated rings. The predicted molar refractivity (Wildman–Crippen MR) is 88.7 cm³/mol. The van der Waals surface area contributed by atoms with Crippen LogP contribution in [0.15, 0.2) is 23.0 Å². The van der Waals surface area contributed by atoms with Crippen LogP contribution in [0.4, 0.5) is 0 Å². The zero-order chi connectivity index (χ0) is 16.4. The maximum atomic E-state index is 5.92. The zero-order valence-corrected chi connectivity index (χ0v) is 14.1. The van der Waals surface area contributed by atoms with Gasteiger partial charge in [0, 0.05) is 24.6 Å². The quantitative estimate of drug-likeness (QED) is 0.812. The Morgan fingerprint density at radius 1 is 1.17 bits per heavy atom. The van der Waals surface area contributed by atoms with Crippen LogP contribution < -0.4 is 4.74 Å². The molecule has 1 saturated heterocycles. The highest BCUT2D eigenvalue weighted by molar-refractivity contribution is 5.20. The van der Waals surface area contributed by atoms with Crippen molar-refractivity contribution in [2.24, 2.45) is 5.92 Å². The Kier molecular flexibility index (Phi) is 4.47. The second-order valence-corrected chi connectivity index (χ2v) is 7.01. The average molecular weight is 328 g/mol. The Morgan fingerprint density at radius 2 is 2.00 bits per heavy atom. The number of hydrogen-bond acceptors (Lipinski definition) is 6. The van der Waals surface area contributed by atoms with Crippen LogP contribution in [0, 0.1) is 12.8 Å². The molecule has 0 N–H and O–H groups in total. The lowest BCUT2D eigenvalue weighted by Crippen LogP contribution is -2.35. The normalized spacial score (nSPS) is 19.5. The predicted octanol–water partition coefficient (Wildman–Crippen LogP) is 2.94. The van der Waals surface area contributed by atoms with E-state index >= 15 is 0 Å². The van der Waals surface area contributed by atoms with Gasteiger partial charge in [-0.15, -0.1) is 0 Å². The molecule has 1 aliphatic heterocycles. The Labute approximate surface area is 142 Å². The Balaban J connectivity index is 1.22. The number of nitrogens with zero attached hydrogens (tertiary/aromatic N) is 4. The molecule has 0 unspecified atom stereocenters. The van der Waals surface area contributed by atoms with Gasteiger partial charge in [0.2, 0.25) is 5.88 Å². The summed E-state index contributed by atoms with van der Waals surface area (Å²) in [5.74, 6) is 2.84. The van der Waals surface area contributed by atoms with Crippen molar-refractivity contribution < 1.29 is 9.26 Å². The van der Waals surface area contributed by atoms with E-state index < -0.39 is 0 Å². The van der Waals surface area contributed by atoms with E-state index in [1.807, 2.05) is 19.1 Å². The maximum Gasteiger partial charge on any atom is 0.216 e. The SMILES string of the molecule is Cc1cc(CN2CCC(COc3cc(C4CC4)ncn3)CC2)no1. The highest BCUT2D eigenvalue weighted by Gasteiger charge is 2.26. The summed E-state index contributed by atoms with van der Waals surface area (Å²) in [5.41, 5.74) is 2.16. The molecule has 2 aromatic rings. The molecule has 0 bridgehead atoms. The number of aryl methyl sites for hydroxylation is 1. The third kappa shape index (κ3) is 3.93. The smallest absolute Gasteiger partial charge is 0.216 e. The van der Waals surface area contributed by atoms with Crippen molar-refractivity contribution in [3.63, 3.8) is 0 Å². The van der Waals surface area contributed by atoms with Crippen molar-refractivity contribution in [2.45, 2.75) is 45.1 Å². The lowest BCUT2D eigenvalue weighted by atomic mass is 9.98. The van der Waals surface area contributed by atoms with Gasteiger partial charge in [0.05, 0.1) is 18.0 Å². The summed E-state index contributed by atoms with van der Waals surface area (Å²) in [6.07, 6.45) is 6.43. The van der Waals surface area contributed by atoms with Crippen molar-refractivity contribution in [3.05, 3.63) is 35.6 Å². The van der Waals surface area contributed by atoms with Crippen molar-refractivity contribution in [1.82, 2.24) is 20.0 Å². The maximum absolute atomic E-state index is 5.92. The minimum absolute atomic E-state index is 0.597. The Bertz CT molecular complexity index is 675. The van der Waals surface area contributed by atoms with Gasteiger partial charge in [-0.2, -0.15) is 0 Å². The van der Waals surface area contributed by atoms with Crippen molar-refractivity contribution >= 4 is 0 Å². The Hall–Kier alpha value is -1.95. The molecule has 6 nitrogen and oxygen atoms in total. The van der Waals surface area contributed by atoms with E-state index in [4.69, 9.17) is 9.26 Å². The molecule has 0 radical (unpaired) electrons. The van der Waals surface area contributed by atoms with Crippen LogP contribution >= 0.6 is 0 Å². The van der Waals surface area contributed by atoms with E-state index in [2.05, 4.69) is 20.0 Å². The monoisotopic (exact) mass is 328 g/mol. The molecule has 6 heteroatoms. The number of aromatic nitrogens is 3. The minimum atomic E-state index is 0.597. The first-order chi connectivity index (χ1) is 11.8. The molecule has 1 aliphatic carbocycles. The van der Waals surface area contributed by atoms with Crippen LogP contribution in [0.5, 0.6) is 5.88 Å². The molecule has 128 valence electrons. The third-order valence-corrected chi connectivity index (χ3v) is 4.90. The van der Waals surface area contributed by atoms with Gasteiger partial charge in [0.25, 0.3) is 0 Å². The third-order valence-electron chi connectivity index (χ3n) is 4.90. The van der Waals surface area contributed by atoms with Gasteiger partial charge in [0.15, 0.2) is 0 Å². The van der Waals surface area contributed by atoms with E-state index in [0.717, 1.165) is 62.1 Å². The van der Waals surface area contributed by atoms with Gasteiger partial charge in [-0.05, 0) is 51.6 Å².